The lowest BCUT2D eigenvalue weighted by molar-refractivity contribution is 1.14. The van der Waals surface area contributed by atoms with Crippen molar-refractivity contribution in [3.05, 3.63) is 6.67 Å². The smallest absolute Gasteiger partial charge is 0.170 e. The Morgan fingerprint density at radius 1 is 1.80 bits per heavy atom. The van der Waals surface area contributed by atoms with E-state index in [4.69, 9.17) is 0 Å². The van der Waals surface area contributed by atoms with Crippen molar-refractivity contribution >= 4 is 12.1 Å². The molecule has 4 heteroatoms. The zero-order valence-electron chi connectivity index (χ0n) is 2.38. The molecule has 0 unspecified atom stereocenters. The summed E-state index contributed by atoms with van der Waals surface area (Å²) in [5.41, 5.74) is 0. The van der Waals surface area contributed by atoms with Gasteiger partial charge in [-0.15, -0.1) is 4.52 Å². The molecule has 5 heavy (non-hydrogen) atoms. The molecule has 27 valence electrons. The molecule has 0 saturated carbocycles. The highest BCUT2D eigenvalue weighted by molar-refractivity contribution is 7.96. The minimum Gasteiger partial charge on any atom is -0.215 e. The number of hydrogen-bond donors (Lipinski definition) is 1. The van der Waals surface area contributed by atoms with Crippen LogP contribution >= 0.6 is 12.1 Å². The number of nitrogens with one attached hydrogen (secondary N) is 1. The molecule has 0 spiro atoms. The van der Waals surface area contributed by atoms with Crippen molar-refractivity contribution in [2.24, 2.45) is 9.63 Å². The van der Waals surface area contributed by atoms with Crippen LogP contribution in [0, 0.1) is 6.67 Å². The molecule has 0 bridgehead atoms. The van der Waals surface area contributed by atoms with Gasteiger partial charge < -0.3 is 0 Å². The van der Waals surface area contributed by atoms with E-state index in [9.17, 15) is 0 Å². The molecule has 3 nitrogen and oxygen atoms in total. The second-order valence-corrected chi connectivity index (χ2v) is 1.12. The first kappa shape index (κ1) is 3.11. The van der Waals surface area contributed by atoms with Crippen LogP contribution in [0.2, 0.25) is 0 Å². The zero-order chi connectivity index (χ0) is 3.54. The van der Waals surface area contributed by atoms with E-state index in [-0.39, 0.29) is 0 Å². The lowest BCUT2D eigenvalue weighted by atomic mass is 11.3. The van der Waals surface area contributed by atoms with E-state index in [1.165, 1.54) is 18.8 Å². The van der Waals surface area contributed by atoms with Crippen molar-refractivity contribution in [3.63, 3.8) is 0 Å². The minimum absolute atomic E-state index is 1.23. The van der Waals surface area contributed by atoms with E-state index < -0.39 is 0 Å². The van der Waals surface area contributed by atoms with Crippen molar-refractivity contribution in [2.45, 2.75) is 0 Å². The van der Waals surface area contributed by atoms with Crippen LogP contribution in [0.4, 0.5) is 0 Å². The predicted molar refractivity (Wildman–Crippen MR) is 19.9 cm³/mol. The molecule has 0 atom stereocenters. The van der Waals surface area contributed by atoms with E-state index in [2.05, 4.69) is 14.4 Å². The van der Waals surface area contributed by atoms with Crippen LogP contribution in [0.25, 0.3) is 0 Å². The second kappa shape index (κ2) is 1.37. The molecule has 1 aliphatic rings. The summed E-state index contributed by atoms with van der Waals surface area (Å²) in [7, 11) is 0. The number of hydrogen-bond acceptors (Lipinski definition) is 4. The average Bonchev–Trinajstić information content (AvgIpc) is 1.76. The maximum atomic E-state index is 3.46. The molecule has 1 rings (SSSR count). The SMILES string of the molecule is [CH]1N=NSN1. The van der Waals surface area contributed by atoms with Gasteiger partial charge in [0.1, 0.15) is 0 Å². The Hall–Kier alpha value is -0.0900. The van der Waals surface area contributed by atoms with Gasteiger partial charge in [-0.25, -0.2) is 4.72 Å². The Kier molecular flexibility index (Phi) is 0.855. The number of nitrogens with zero attached hydrogens (tertiary/aromatic N) is 2. The van der Waals surface area contributed by atoms with E-state index in [1.807, 2.05) is 0 Å². The minimum atomic E-state index is 1.23. The van der Waals surface area contributed by atoms with Crippen LogP contribution < -0.4 is 4.72 Å². The highest BCUT2D eigenvalue weighted by atomic mass is 32.2. The monoisotopic (exact) mass is 88.0 g/mol. The summed E-state index contributed by atoms with van der Waals surface area (Å²) in [6, 6.07) is 0. The van der Waals surface area contributed by atoms with Crippen molar-refractivity contribution in [1.82, 2.24) is 4.72 Å². The molecular formula is CH2N3S. The van der Waals surface area contributed by atoms with Crippen molar-refractivity contribution in [2.75, 3.05) is 0 Å². The van der Waals surface area contributed by atoms with Gasteiger partial charge in [0.25, 0.3) is 0 Å². The van der Waals surface area contributed by atoms with E-state index >= 15 is 0 Å². The van der Waals surface area contributed by atoms with Gasteiger partial charge in [0, 0.05) is 0 Å². The third-order valence-corrected chi connectivity index (χ3v) is 0.638. The standard InChI is InChI=1S/CH2N3S/c1-2-4-5-3-1/h1,3H. The van der Waals surface area contributed by atoms with Crippen molar-refractivity contribution < 1.29 is 0 Å². The normalized spacial score (nSPS) is 20.8. The molecule has 0 aliphatic carbocycles. The zero-order valence-corrected chi connectivity index (χ0v) is 3.20. The van der Waals surface area contributed by atoms with Gasteiger partial charge in [-0.3, -0.25) is 0 Å². The predicted octanol–water partition coefficient (Wildman–Crippen LogP) is 0.724. The third-order valence-electron chi connectivity index (χ3n) is 0.251. The second-order valence-electron chi connectivity index (χ2n) is 0.535. The van der Waals surface area contributed by atoms with Crippen LogP contribution in [-0.4, -0.2) is 0 Å². The lowest BCUT2D eigenvalue weighted by Gasteiger charge is -1.68. The van der Waals surface area contributed by atoms with Crippen LogP contribution in [0.5, 0.6) is 0 Å². The summed E-state index contributed by atoms with van der Waals surface area (Å²) in [4.78, 5) is 0. The maximum absolute atomic E-state index is 3.46. The summed E-state index contributed by atoms with van der Waals surface area (Å²) < 4.78 is 6.14. The molecule has 0 amide bonds. The van der Waals surface area contributed by atoms with Gasteiger partial charge >= 0.3 is 0 Å². The first-order chi connectivity index (χ1) is 2.50. The molecular weight excluding hydrogens is 86.1 g/mol. The topological polar surface area (TPSA) is 36.8 Å². The summed E-state index contributed by atoms with van der Waals surface area (Å²) in [5, 5.41) is 3.44. The van der Waals surface area contributed by atoms with E-state index in [0.29, 0.717) is 0 Å². The lowest BCUT2D eigenvalue weighted by Crippen LogP contribution is -1.83. The third kappa shape index (κ3) is 0.592. The van der Waals surface area contributed by atoms with Crippen LogP contribution in [0.1, 0.15) is 0 Å². The Bertz CT molecular complexity index is 44.9. The average molecular weight is 88.1 g/mol. The Balaban J connectivity index is 2.32. The summed E-state index contributed by atoms with van der Waals surface area (Å²) in [6.07, 6.45) is 0. The first-order valence-corrected chi connectivity index (χ1v) is 1.91. The van der Waals surface area contributed by atoms with E-state index in [0.717, 1.165) is 0 Å². The summed E-state index contributed by atoms with van der Waals surface area (Å²) in [5.74, 6) is 0. The fourth-order valence-corrected chi connectivity index (χ4v) is 0.354. The molecule has 1 aliphatic heterocycles. The van der Waals surface area contributed by atoms with Gasteiger partial charge in [-0.2, -0.15) is 5.11 Å². The van der Waals surface area contributed by atoms with Gasteiger partial charge in [0.2, 0.25) is 0 Å². The van der Waals surface area contributed by atoms with Crippen molar-refractivity contribution in [3.8, 4) is 0 Å². The van der Waals surface area contributed by atoms with Gasteiger partial charge in [-0.05, 0) is 0 Å². The fourth-order valence-electron chi connectivity index (χ4n) is 0.118. The Morgan fingerprint density at radius 2 is 2.80 bits per heavy atom. The highest BCUT2D eigenvalue weighted by Crippen LogP contribution is 2.03. The van der Waals surface area contributed by atoms with Gasteiger partial charge in [0.05, 0.1) is 12.1 Å². The van der Waals surface area contributed by atoms with Crippen molar-refractivity contribution in [1.29, 1.82) is 0 Å². The number of rotatable bonds is 0. The molecule has 0 aromatic heterocycles. The Labute approximate surface area is 34.1 Å². The first-order valence-electron chi connectivity index (χ1n) is 1.13. The molecule has 0 fully saturated rings. The Morgan fingerprint density at radius 3 is 3.00 bits per heavy atom. The van der Waals surface area contributed by atoms with Crippen LogP contribution in [0.15, 0.2) is 9.63 Å². The largest absolute Gasteiger partial charge is 0.215 e. The van der Waals surface area contributed by atoms with Gasteiger partial charge in [0.15, 0.2) is 6.67 Å². The molecule has 0 aromatic rings. The molecule has 1 radical (unpaired) electrons. The van der Waals surface area contributed by atoms with Gasteiger partial charge in [-0.1, -0.05) is 0 Å². The quantitative estimate of drug-likeness (QED) is 0.443. The molecule has 1 N–H and O–H groups in total. The van der Waals surface area contributed by atoms with E-state index in [1.54, 1.807) is 0 Å². The molecule has 0 saturated heterocycles. The summed E-state index contributed by atoms with van der Waals surface area (Å²) in [6.45, 7) is 1.53. The highest BCUT2D eigenvalue weighted by Gasteiger charge is 1.87. The van der Waals surface area contributed by atoms with Crippen LogP contribution in [-0.2, 0) is 0 Å². The summed E-state index contributed by atoms with van der Waals surface area (Å²) >= 11 is 1.23. The van der Waals surface area contributed by atoms with Crippen LogP contribution in [0.3, 0.4) is 0 Å². The maximum Gasteiger partial charge on any atom is 0.170 e. The molecule has 0 aromatic carbocycles. The molecule has 1 heterocycles. The fraction of sp³-hybridized carbons (Fsp3) is 0.